The van der Waals surface area contributed by atoms with Crippen LogP contribution in [0.15, 0.2) is 46.6 Å². The molecule has 0 amide bonds. The van der Waals surface area contributed by atoms with Crippen molar-refractivity contribution in [3.05, 3.63) is 46.8 Å². The van der Waals surface area contributed by atoms with Crippen LogP contribution in [0.3, 0.4) is 0 Å². The van der Waals surface area contributed by atoms with Crippen LogP contribution in [0, 0.1) is 17.8 Å². The molecule has 2 atom stereocenters. The Labute approximate surface area is 165 Å². The molecule has 1 saturated heterocycles. The van der Waals surface area contributed by atoms with E-state index in [-0.39, 0.29) is 0 Å². The van der Waals surface area contributed by atoms with Crippen LogP contribution in [0.25, 0.3) is 5.65 Å². The first-order chi connectivity index (χ1) is 12.7. The van der Waals surface area contributed by atoms with Crippen LogP contribution in [-0.2, 0) is 0 Å². The van der Waals surface area contributed by atoms with Crippen LogP contribution < -0.4 is 10.6 Å². The number of rotatable bonds is 4. The van der Waals surface area contributed by atoms with Crippen molar-refractivity contribution in [2.45, 2.75) is 9.79 Å². The van der Waals surface area contributed by atoms with Crippen molar-refractivity contribution in [2.24, 2.45) is 23.5 Å². The highest BCUT2D eigenvalue weighted by Gasteiger charge is 2.55. The minimum absolute atomic E-state index is 0.548. The van der Waals surface area contributed by atoms with Crippen molar-refractivity contribution in [1.29, 1.82) is 0 Å². The monoisotopic (exact) mass is 405 g/mol. The van der Waals surface area contributed by atoms with Gasteiger partial charge in [-0.3, -0.25) is 4.40 Å². The van der Waals surface area contributed by atoms with Gasteiger partial charge in [0.05, 0.1) is 14.9 Å². The molecule has 1 aromatic carbocycles. The smallest absolute Gasteiger partial charge is 0.211 e. The zero-order valence-corrected chi connectivity index (χ0v) is 16.2. The van der Waals surface area contributed by atoms with E-state index >= 15 is 0 Å². The minimum atomic E-state index is 0.548. The average Bonchev–Trinajstić information content (AvgIpc) is 3.02. The van der Waals surface area contributed by atoms with Gasteiger partial charge in [0, 0.05) is 36.6 Å². The van der Waals surface area contributed by atoms with Crippen LogP contribution in [0.1, 0.15) is 0 Å². The molecule has 2 N–H and O–H groups in total. The summed E-state index contributed by atoms with van der Waals surface area (Å²) in [6, 6.07) is 5.63. The number of anilines is 1. The highest BCUT2D eigenvalue weighted by Crippen LogP contribution is 2.51. The van der Waals surface area contributed by atoms with E-state index in [9.17, 15) is 0 Å². The lowest BCUT2D eigenvalue weighted by molar-refractivity contribution is 0.636. The first-order valence-corrected chi connectivity index (χ1v) is 10.1. The first kappa shape index (κ1) is 16.7. The molecule has 5 rings (SSSR count). The van der Waals surface area contributed by atoms with Crippen LogP contribution in [0.4, 0.5) is 5.95 Å². The summed E-state index contributed by atoms with van der Waals surface area (Å²) >= 11 is 14.0. The Balaban J connectivity index is 1.47. The summed E-state index contributed by atoms with van der Waals surface area (Å²) in [6.07, 6.45) is 5.65. The third kappa shape index (κ3) is 2.59. The maximum Gasteiger partial charge on any atom is 0.211 e. The molecule has 2 fully saturated rings. The van der Waals surface area contributed by atoms with Crippen molar-refractivity contribution in [3.8, 4) is 0 Å². The van der Waals surface area contributed by atoms with Crippen LogP contribution in [0.5, 0.6) is 0 Å². The lowest BCUT2D eigenvalue weighted by Gasteiger charge is -2.22. The van der Waals surface area contributed by atoms with Crippen LogP contribution >= 0.6 is 35.0 Å². The largest absolute Gasteiger partial charge is 0.341 e. The van der Waals surface area contributed by atoms with Crippen molar-refractivity contribution in [3.63, 3.8) is 0 Å². The molecule has 3 aromatic rings. The summed E-state index contributed by atoms with van der Waals surface area (Å²) in [6.45, 7) is 2.85. The van der Waals surface area contributed by atoms with E-state index in [0.29, 0.717) is 16.0 Å². The van der Waals surface area contributed by atoms with Gasteiger partial charge in [0.2, 0.25) is 5.95 Å². The molecule has 2 unspecified atom stereocenters. The lowest BCUT2D eigenvalue weighted by atomic mass is 10.3. The molecule has 2 aromatic heterocycles. The van der Waals surface area contributed by atoms with E-state index in [1.807, 2.05) is 30.7 Å². The molecule has 134 valence electrons. The number of nitrogens with two attached hydrogens (primary N) is 1. The summed E-state index contributed by atoms with van der Waals surface area (Å²) < 4.78 is 2.06. The van der Waals surface area contributed by atoms with Crippen molar-refractivity contribution in [1.82, 2.24) is 14.4 Å². The Kier molecular flexibility index (Phi) is 4.05. The van der Waals surface area contributed by atoms with Gasteiger partial charge in [0.15, 0.2) is 5.65 Å². The fraction of sp³-hybridized carbons (Fsp3) is 0.333. The molecular formula is C18H17Cl2N5S. The van der Waals surface area contributed by atoms with E-state index in [1.165, 1.54) is 11.8 Å². The Morgan fingerprint density at radius 1 is 1.15 bits per heavy atom. The molecule has 1 saturated carbocycles. The minimum Gasteiger partial charge on any atom is -0.341 e. The summed E-state index contributed by atoms with van der Waals surface area (Å²) in [4.78, 5) is 13.5. The molecule has 1 aliphatic heterocycles. The average molecular weight is 406 g/mol. The number of halogens is 2. The van der Waals surface area contributed by atoms with E-state index in [1.54, 1.807) is 6.07 Å². The molecule has 8 heteroatoms. The maximum absolute atomic E-state index is 6.33. The zero-order chi connectivity index (χ0) is 17.8. The lowest BCUT2D eigenvalue weighted by Crippen LogP contribution is -2.28. The third-order valence-electron chi connectivity index (χ3n) is 5.44. The highest BCUT2D eigenvalue weighted by atomic mass is 35.5. The predicted molar refractivity (Wildman–Crippen MR) is 105 cm³/mol. The fourth-order valence-electron chi connectivity index (χ4n) is 4.03. The Hall–Kier alpha value is -1.47. The topological polar surface area (TPSA) is 59.5 Å². The molecule has 0 radical (unpaired) electrons. The number of nitrogens with zero attached hydrogens (tertiary/aromatic N) is 4. The Morgan fingerprint density at radius 3 is 2.73 bits per heavy atom. The summed E-state index contributed by atoms with van der Waals surface area (Å²) in [5.41, 5.74) is 6.71. The van der Waals surface area contributed by atoms with Gasteiger partial charge in [-0.05, 0) is 36.4 Å². The normalized spacial score (nSPS) is 24.3. The molecule has 0 spiro atoms. The van der Waals surface area contributed by atoms with Crippen LogP contribution in [0.2, 0.25) is 10.0 Å². The predicted octanol–water partition coefficient (Wildman–Crippen LogP) is 3.83. The fourth-order valence-corrected chi connectivity index (χ4v) is 5.44. The molecule has 2 aliphatic rings. The van der Waals surface area contributed by atoms with E-state index in [2.05, 4.69) is 14.3 Å². The molecular weight excluding hydrogens is 389 g/mol. The SMILES string of the molecule is NCC1C2CN(c3ncc(Sc4cccc(Cl)c4Cl)c4nccn34)CC12. The van der Waals surface area contributed by atoms with Crippen LogP contribution in [-0.4, -0.2) is 34.0 Å². The molecule has 0 bridgehead atoms. The first-order valence-electron chi connectivity index (χ1n) is 8.56. The second-order valence-electron chi connectivity index (χ2n) is 6.83. The number of benzene rings is 1. The summed E-state index contributed by atoms with van der Waals surface area (Å²) in [5, 5.41) is 1.10. The van der Waals surface area contributed by atoms with Crippen molar-refractivity contribution < 1.29 is 0 Å². The summed E-state index contributed by atoms with van der Waals surface area (Å²) in [5.74, 6) is 3.09. The van der Waals surface area contributed by atoms with Gasteiger partial charge in [0.1, 0.15) is 0 Å². The molecule has 3 heterocycles. The van der Waals surface area contributed by atoms with Gasteiger partial charge < -0.3 is 10.6 Å². The van der Waals surface area contributed by atoms with E-state index in [4.69, 9.17) is 33.9 Å². The van der Waals surface area contributed by atoms with Gasteiger partial charge in [-0.1, -0.05) is 41.0 Å². The van der Waals surface area contributed by atoms with Crippen molar-refractivity contribution >= 4 is 46.6 Å². The van der Waals surface area contributed by atoms with E-state index < -0.39 is 0 Å². The summed E-state index contributed by atoms with van der Waals surface area (Å²) in [7, 11) is 0. The number of hydrogen-bond donors (Lipinski definition) is 1. The molecule has 1 aliphatic carbocycles. The maximum atomic E-state index is 6.33. The number of fused-ring (bicyclic) bond motifs is 2. The quantitative estimate of drug-likeness (QED) is 0.714. The number of hydrogen-bond acceptors (Lipinski definition) is 5. The second kappa shape index (κ2) is 6.30. The highest BCUT2D eigenvalue weighted by molar-refractivity contribution is 7.99. The van der Waals surface area contributed by atoms with Gasteiger partial charge in [-0.25, -0.2) is 9.97 Å². The Bertz CT molecular complexity index is 979. The third-order valence-corrected chi connectivity index (χ3v) is 7.44. The Morgan fingerprint density at radius 2 is 1.96 bits per heavy atom. The second-order valence-corrected chi connectivity index (χ2v) is 8.70. The molecule has 26 heavy (non-hydrogen) atoms. The molecule has 5 nitrogen and oxygen atoms in total. The zero-order valence-electron chi connectivity index (χ0n) is 13.8. The van der Waals surface area contributed by atoms with Gasteiger partial charge >= 0.3 is 0 Å². The number of imidazole rings is 1. The van der Waals surface area contributed by atoms with Gasteiger partial charge in [-0.2, -0.15) is 0 Å². The number of piperidine rings is 1. The number of aromatic nitrogens is 3. The van der Waals surface area contributed by atoms with Crippen molar-refractivity contribution in [2.75, 3.05) is 24.5 Å². The standard InChI is InChI=1S/C18H17Cl2N5S/c19-13-2-1-3-14(16(13)20)26-15-7-23-18(25-5-4-22-17(15)25)24-8-11-10(6-21)12(11)9-24/h1-5,7,10-12H,6,8-9,21H2. The van der Waals surface area contributed by atoms with E-state index in [0.717, 1.165) is 52.9 Å². The van der Waals surface area contributed by atoms with Gasteiger partial charge in [0.25, 0.3) is 0 Å². The van der Waals surface area contributed by atoms with Gasteiger partial charge in [-0.15, -0.1) is 0 Å².